The van der Waals surface area contributed by atoms with Gasteiger partial charge in [-0.1, -0.05) is 29.8 Å². The van der Waals surface area contributed by atoms with Crippen molar-refractivity contribution in [3.05, 3.63) is 34.3 Å². The van der Waals surface area contributed by atoms with E-state index in [4.69, 9.17) is 0 Å². The molecule has 0 unspecified atom stereocenters. The van der Waals surface area contributed by atoms with E-state index in [0.29, 0.717) is 11.5 Å². The average Bonchev–Trinajstić information content (AvgIpc) is 2.18. The zero-order valence-electron chi connectivity index (χ0n) is 9.25. The molecular formula is C12H16BrNO. The van der Waals surface area contributed by atoms with Crippen LogP contribution in [0.5, 0.6) is 0 Å². The van der Waals surface area contributed by atoms with E-state index in [1.165, 1.54) is 0 Å². The Kier molecular flexibility index (Phi) is 4.33. The quantitative estimate of drug-likeness (QED) is 0.897. The molecule has 0 aliphatic carbocycles. The number of benzene rings is 1. The molecule has 0 fully saturated rings. The normalized spacial score (nSPS) is 12.6. The van der Waals surface area contributed by atoms with Crippen molar-refractivity contribution >= 4 is 21.8 Å². The first-order valence-corrected chi connectivity index (χ1v) is 5.86. The number of carbonyl (C=O) groups excluding carboxylic acids is 1. The van der Waals surface area contributed by atoms with Crippen molar-refractivity contribution in [2.45, 2.75) is 26.8 Å². The summed E-state index contributed by atoms with van der Waals surface area (Å²) in [6, 6.07) is 7.56. The monoisotopic (exact) mass is 269 g/mol. The van der Waals surface area contributed by atoms with E-state index in [1.54, 1.807) is 0 Å². The lowest BCUT2D eigenvalue weighted by molar-refractivity contribution is 0.0930. The first-order chi connectivity index (χ1) is 7.00. The molecule has 0 heterocycles. The Morgan fingerprint density at radius 3 is 2.20 bits per heavy atom. The molecule has 0 bridgehead atoms. The Balaban J connectivity index is 2.65. The highest BCUT2D eigenvalue weighted by Crippen LogP contribution is 2.11. The fourth-order valence-electron chi connectivity index (χ4n) is 1.06. The highest BCUT2D eigenvalue weighted by Gasteiger charge is 2.11. The smallest absolute Gasteiger partial charge is 0.251 e. The Morgan fingerprint density at radius 1 is 1.20 bits per heavy atom. The lowest BCUT2D eigenvalue weighted by atomic mass is 10.1. The van der Waals surface area contributed by atoms with Crippen molar-refractivity contribution in [1.82, 2.24) is 5.32 Å². The highest BCUT2D eigenvalue weighted by atomic mass is 79.9. The molecule has 1 aromatic carbocycles. The number of carbonyl (C=O) groups is 1. The number of amides is 1. The van der Waals surface area contributed by atoms with Crippen LogP contribution in [0.3, 0.4) is 0 Å². The van der Waals surface area contributed by atoms with Crippen LogP contribution in [-0.2, 0) is 0 Å². The van der Waals surface area contributed by atoms with Gasteiger partial charge in [0.05, 0.1) is 0 Å². The highest BCUT2D eigenvalue weighted by molar-refractivity contribution is 9.10. The molecule has 1 rings (SSSR count). The molecule has 1 atom stereocenters. The molecular weight excluding hydrogens is 254 g/mol. The van der Waals surface area contributed by atoms with Crippen LogP contribution in [0.4, 0.5) is 0 Å². The third-order valence-corrected chi connectivity index (χ3v) is 2.99. The Bertz CT molecular complexity index is 332. The van der Waals surface area contributed by atoms with Crippen LogP contribution in [-0.4, -0.2) is 11.9 Å². The molecule has 2 nitrogen and oxygen atoms in total. The van der Waals surface area contributed by atoms with Gasteiger partial charge in [-0.3, -0.25) is 4.79 Å². The molecule has 0 aliphatic heterocycles. The van der Waals surface area contributed by atoms with E-state index in [1.807, 2.05) is 31.2 Å². The lowest BCUT2D eigenvalue weighted by Crippen LogP contribution is -2.36. The minimum atomic E-state index is -0.0105. The minimum Gasteiger partial charge on any atom is -0.349 e. The molecule has 15 heavy (non-hydrogen) atoms. The standard InChI is InChI=1S/C12H16BrNO/c1-8(2)9(3)14-12(15)10-4-6-11(13)7-5-10/h4-9H,1-3H3,(H,14,15)/t9-/m1/s1. The van der Waals surface area contributed by atoms with Crippen LogP contribution < -0.4 is 5.32 Å². The Morgan fingerprint density at radius 2 is 1.73 bits per heavy atom. The second-order valence-electron chi connectivity index (χ2n) is 4.01. The summed E-state index contributed by atoms with van der Waals surface area (Å²) in [6.45, 7) is 6.19. The summed E-state index contributed by atoms with van der Waals surface area (Å²) in [5.41, 5.74) is 0.700. The summed E-state index contributed by atoms with van der Waals surface area (Å²) in [7, 11) is 0. The van der Waals surface area contributed by atoms with Gasteiger partial charge in [0, 0.05) is 16.1 Å². The predicted molar refractivity (Wildman–Crippen MR) is 65.9 cm³/mol. The first-order valence-electron chi connectivity index (χ1n) is 5.07. The molecule has 0 saturated carbocycles. The number of hydrogen-bond donors (Lipinski definition) is 1. The van der Waals surface area contributed by atoms with Crippen LogP contribution in [0.2, 0.25) is 0 Å². The maximum atomic E-state index is 11.7. The van der Waals surface area contributed by atoms with Crippen LogP contribution >= 0.6 is 15.9 Å². The molecule has 0 radical (unpaired) electrons. The van der Waals surface area contributed by atoms with Gasteiger partial charge in [0.25, 0.3) is 5.91 Å². The van der Waals surface area contributed by atoms with E-state index in [0.717, 1.165) is 4.47 Å². The zero-order valence-corrected chi connectivity index (χ0v) is 10.8. The van der Waals surface area contributed by atoms with E-state index < -0.39 is 0 Å². The van der Waals surface area contributed by atoms with Crippen molar-refractivity contribution in [3.8, 4) is 0 Å². The van der Waals surface area contributed by atoms with E-state index in [9.17, 15) is 4.79 Å². The molecule has 1 amide bonds. The first kappa shape index (κ1) is 12.2. The van der Waals surface area contributed by atoms with Gasteiger partial charge in [-0.25, -0.2) is 0 Å². The van der Waals surface area contributed by atoms with Gasteiger partial charge in [0.1, 0.15) is 0 Å². The molecule has 82 valence electrons. The van der Waals surface area contributed by atoms with Crippen LogP contribution in [0, 0.1) is 5.92 Å². The molecule has 0 aromatic heterocycles. The largest absolute Gasteiger partial charge is 0.349 e. The molecule has 1 aromatic rings. The maximum absolute atomic E-state index is 11.7. The minimum absolute atomic E-state index is 0.0105. The van der Waals surface area contributed by atoms with Crippen LogP contribution in [0.1, 0.15) is 31.1 Å². The van der Waals surface area contributed by atoms with Gasteiger partial charge >= 0.3 is 0 Å². The summed E-state index contributed by atoms with van der Waals surface area (Å²) in [4.78, 5) is 11.7. The van der Waals surface area contributed by atoms with Crippen LogP contribution in [0.25, 0.3) is 0 Å². The molecule has 1 N–H and O–H groups in total. The zero-order chi connectivity index (χ0) is 11.4. The average molecular weight is 270 g/mol. The van der Waals surface area contributed by atoms with E-state index in [2.05, 4.69) is 35.1 Å². The second kappa shape index (κ2) is 5.31. The lowest BCUT2D eigenvalue weighted by Gasteiger charge is -2.17. The molecule has 3 heteroatoms. The van der Waals surface area contributed by atoms with Gasteiger partial charge in [-0.2, -0.15) is 0 Å². The third-order valence-electron chi connectivity index (χ3n) is 2.47. The van der Waals surface area contributed by atoms with Gasteiger partial charge in [0.15, 0.2) is 0 Å². The molecule has 0 saturated heterocycles. The number of halogens is 1. The topological polar surface area (TPSA) is 29.1 Å². The SMILES string of the molecule is CC(C)[C@@H](C)NC(=O)c1ccc(Br)cc1. The number of rotatable bonds is 3. The van der Waals surface area contributed by atoms with Gasteiger partial charge in [-0.15, -0.1) is 0 Å². The number of nitrogens with one attached hydrogen (secondary N) is 1. The van der Waals surface area contributed by atoms with Crippen molar-refractivity contribution in [2.75, 3.05) is 0 Å². The van der Waals surface area contributed by atoms with Gasteiger partial charge in [0.2, 0.25) is 0 Å². The van der Waals surface area contributed by atoms with Gasteiger partial charge in [-0.05, 0) is 37.1 Å². The van der Waals surface area contributed by atoms with E-state index in [-0.39, 0.29) is 11.9 Å². The summed E-state index contributed by atoms with van der Waals surface area (Å²) in [6.07, 6.45) is 0. The van der Waals surface area contributed by atoms with Crippen molar-refractivity contribution in [2.24, 2.45) is 5.92 Å². The fraction of sp³-hybridized carbons (Fsp3) is 0.417. The molecule has 0 spiro atoms. The Labute approximate surface area is 99.2 Å². The summed E-state index contributed by atoms with van der Waals surface area (Å²) in [5.74, 6) is 0.438. The molecule has 0 aliphatic rings. The summed E-state index contributed by atoms with van der Waals surface area (Å²) >= 11 is 3.34. The predicted octanol–water partition coefficient (Wildman–Crippen LogP) is 3.22. The summed E-state index contributed by atoms with van der Waals surface area (Å²) in [5, 5.41) is 2.96. The third kappa shape index (κ3) is 3.67. The van der Waals surface area contributed by atoms with Gasteiger partial charge < -0.3 is 5.32 Å². The van der Waals surface area contributed by atoms with Crippen molar-refractivity contribution < 1.29 is 4.79 Å². The maximum Gasteiger partial charge on any atom is 0.251 e. The van der Waals surface area contributed by atoms with Crippen LogP contribution in [0.15, 0.2) is 28.7 Å². The number of hydrogen-bond acceptors (Lipinski definition) is 1. The van der Waals surface area contributed by atoms with Crippen molar-refractivity contribution in [3.63, 3.8) is 0 Å². The Hall–Kier alpha value is -0.830. The second-order valence-corrected chi connectivity index (χ2v) is 4.93. The summed E-state index contributed by atoms with van der Waals surface area (Å²) < 4.78 is 0.982. The van der Waals surface area contributed by atoms with Crippen molar-refractivity contribution in [1.29, 1.82) is 0 Å². The van der Waals surface area contributed by atoms with E-state index >= 15 is 0 Å². The fourth-order valence-corrected chi connectivity index (χ4v) is 1.32.